The normalized spacial score (nSPS) is 11.6. The molecule has 2 aromatic rings. The van der Waals surface area contributed by atoms with Crippen molar-refractivity contribution in [1.29, 1.82) is 0 Å². The standard InChI is InChI=1S/C16H15NO2/c1-3-11-17-16(18)12(2)19-15-10-6-8-13-7-4-5-9-14(13)15/h1,4-10,12H,11H2,2H3,(H,17,18). The van der Waals surface area contributed by atoms with Gasteiger partial charge in [-0.15, -0.1) is 6.42 Å². The van der Waals surface area contributed by atoms with Crippen molar-refractivity contribution in [3.05, 3.63) is 42.5 Å². The molecule has 3 nitrogen and oxygen atoms in total. The second-order valence-electron chi connectivity index (χ2n) is 4.16. The Kier molecular flexibility index (Phi) is 4.04. The van der Waals surface area contributed by atoms with Crippen LogP contribution in [0.3, 0.4) is 0 Å². The molecule has 0 spiro atoms. The topological polar surface area (TPSA) is 38.3 Å². The van der Waals surface area contributed by atoms with Crippen LogP contribution in [-0.2, 0) is 4.79 Å². The summed E-state index contributed by atoms with van der Waals surface area (Å²) in [6, 6.07) is 13.7. The third kappa shape index (κ3) is 3.05. The molecule has 0 heterocycles. The van der Waals surface area contributed by atoms with Crippen LogP contribution >= 0.6 is 0 Å². The van der Waals surface area contributed by atoms with Gasteiger partial charge in [0, 0.05) is 5.39 Å². The fourth-order valence-electron chi connectivity index (χ4n) is 1.82. The smallest absolute Gasteiger partial charge is 0.261 e. The summed E-state index contributed by atoms with van der Waals surface area (Å²) < 4.78 is 5.71. The number of benzene rings is 2. The van der Waals surface area contributed by atoms with Gasteiger partial charge in [0.1, 0.15) is 5.75 Å². The van der Waals surface area contributed by atoms with Gasteiger partial charge in [-0.25, -0.2) is 0 Å². The van der Waals surface area contributed by atoms with Crippen molar-refractivity contribution in [2.75, 3.05) is 6.54 Å². The number of nitrogens with one attached hydrogen (secondary N) is 1. The minimum atomic E-state index is -0.584. The lowest BCUT2D eigenvalue weighted by molar-refractivity contribution is -0.126. The predicted molar refractivity (Wildman–Crippen MR) is 75.9 cm³/mol. The zero-order valence-electron chi connectivity index (χ0n) is 10.7. The average Bonchev–Trinajstić information content (AvgIpc) is 2.45. The molecule has 2 rings (SSSR count). The van der Waals surface area contributed by atoms with Gasteiger partial charge in [-0.3, -0.25) is 4.79 Å². The number of terminal acetylenes is 1. The molecule has 0 aliphatic rings. The highest BCUT2D eigenvalue weighted by atomic mass is 16.5. The van der Waals surface area contributed by atoms with Gasteiger partial charge in [-0.05, 0) is 18.4 Å². The third-order valence-corrected chi connectivity index (χ3v) is 2.79. The largest absolute Gasteiger partial charge is 0.480 e. The van der Waals surface area contributed by atoms with Gasteiger partial charge < -0.3 is 10.1 Å². The molecule has 1 atom stereocenters. The molecule has 0 aromatic heterocycles. The molecule has 0 fully saturated rings. The van der Waals surface area contributed by atoms with E-state index in [1.165, 1.54) is 0 Å². The van der Waals surface area contributed by atoms with Gasteiger partial charge in [0.15, 0.2) is 6.10 Å². The Morgan fingerprint density at radius 3 is 2.84 bits per heavy atom. The van der Waals surface area contributed by atoms with E-state index < -0.39 is 6.10 Å². The molecule has 0 radical (unpaired) electrons. The Hall–Kier alpha value is -2.47. The maximum absolute atomic E-state index is 11.7. The van der Waals surface area contributed by atoms with Crippen LogP contribution in [0.2, 0.25) is 0 Å². The van der Waals surface area contributed by atoms with Crippen molar-refractivity contribution in [3.63, 3.8) is 0 Å². The number of fused-ring (bicyclic) bond motifs is 1. The Morgan fingerprint density at radius 2 is 2.05 bits per heavy atom. The number of hydrogen-bond acceptors (Lipinski definition) is 2. The van der Waals surface area contributed by atoms with Crippen LogP contribution in [0.1, 0.15) is 6.92 Å². The molecule has 3 heteroatoms. The Labute approximate surface area is 112 Å². The first-order valence-corrected chi connectivity index (χ1v) is 6.08. The van der Waals surface area contributed by atoms with Crippen LogP contribution in [0, 0.1) is 12.3 Å². The highest BCUT2D eigenvalue weighted by Crippen LogP contribution is 2.25. The Morgan fingerprint density at radius 1 is 1.32 bits per heavy atom. The van der Waals surface area contributed by atoms with E-state index in [4.69, 9.17) is 11.2 Å². The van der Waals surface area contributed by atoms with Crippen molar-refractivity contribution in [2.24, 2.45) is 0 Å². The van der Waals surface area contributed by atoms with E-state index >= 15 is 0 Å². The minimum absolute atomic E-state index is 0.210. The lowest BCUT2D eigenvalue weighted by atomic mass is 10.1. The number of carbonyl (C=O) groups excluding carboxylic acids is 1. The van der Waals surface area contributed by atoms with Gasteiger partial charge in [0.2, 0.25) is 0 Å². The number of rotatable bonds is 4. The second-order valence-corrected chi connectivity index (χ2v) is 4.16. The van der Waals surface area contributed by atoms with E-state index in [-0.39, 0.29) is 12.5 Å². The fraction of sp³-hybridized carbons (Fsp3) is 0.188. The predicted octanol–water partition coefficient (Wildman–Crippen LogP) is 2.36. The van der Waals surface area contributed by atoms with Crippen LogP contribution in [-0.4, -0.2) is 18.6 Å². The van der Waals surface area contributed by atoms with E-state index in [2.05, 4.69) is 11.2 Å². The fourth-order valence-corrected chi connectivity index (χ4v) is 1.82. The quantitative estimate of drug-likeness (QED) is 0.849. The summed E-state index contributed by atoms with van der Waals surface area (Å²) in [6.07, 6.45) is 4.51. The van der Waals surface area contributed by atoms with Crippen molar-refractivity contribution >= 4 is 16.7 Å². The summed E-state index contributed by atoms with van der Waals surface area (Å²) in [5.41, 5.74) is 0. The van der Waals surface area contributed by atoms with Crippen molar-refractivity contribution < 1.29 is 9.53 Å². The van der Waals surface area contributed by atoms with Crippen LogP contribution in [0.4, 0.5) is 0 Å². The maximum Gasteiger partial charge on any atom is 0.261 e. The van der Waals surface area contributed by atoms with E-state index in [1.54, 1.807) is 6.92 Å². The first kappa shape index (κ1) is 13.0. The highest BCUT2D eigenvalue weighted by Gasteiger charge is 2.14. The summed E-state index contributed by atoms with van der Waals surface area (Å²) in [6.45, 7) is 1.91. The van der Waals surface area contributed by atoms with E-state index in [0.29, 0.717) is 5.75 Å². The van der Waals surface area contributed by atoms with Crippen LogP contribution in [0.5, 0.6) is 5.75 Å². The Balaban J connectivity index is 2.17. The summed E-state index contributed by atoms with van der Waals surface area (Å²) in [4.78, 5) is 11.7. The maximum atomic E-state index is 11.7. The van der Waals surface area contributed by atoms with Crippen molar-refractivity contribution in [3.8, 4) is 18.1 Å². The van der Waals surface area contributed by atoms with Gasteiger partial charge in [0.25, 0.3) is 5.91 Å². The zero-order valence-corrected chi connectivity index (χ0v) is 10.7. The summed E-state index contributed by atoms with van der Waals surface area (Å²) >= 11 is 0. The van der Waals surface area contributed by atoms with Gasteiger partial charge >= 0.3 is 0 Å². The Bertz CT molecular complexity index is 623. The zero-order chi connectivity index (χ0) is 13.7. The molecule has 96 valence electrons. The van der Waals surface area contributed by atoms with Crippen LogP contribution in [0.15, 0.2) is 42.5 Å². The molecule has 1 amide bonds. The summed E-state index contributed by atoms with van der Waals surface area (Å²) in [7, 11) is 0. The molecule has 19 heavy (non-hydrogen) atoms. The summed E-state index contributed by atoms with van der Waals surface area (Å²) in [5.74, 6) is 2.84. The average molecular weight is 253 g/mol. The summed E-state index contributed by atoms with van der Waals surface area (Å²) in [5, 5.41) is 4.67. The molecule has 0 saturated carbocycles. The number of amides is 1. The lowest BCUT2D eigenvalue weighted by Crippen LogP contribution is -2.36. The monoisotopic (exact) mass is 253 g/mol. The molecule has 0 aliphatic heterocycles. The molecular formula is C16H15NO2. The molecule has 1 unspecified atom stereocenters. The van der Waals surface area contributed by atoms with Crippen molar-refractivity contribution in [1.82, 2.24) is 5.32 Å². The molecular weight excluding hydrogens is 238 g/mol. The van der Waals surface area contributed by atoms with Crippen molar-refractivity contribution in [2.45, 2.75) is 13.0 Å². The van der Waals surface area contributed by atoms with Crippen LogP contribution < -0.4 is 10.1 Å². The van der Waals surface area contributed by atoms with Gasteiger partial charge in [-0.1, -0.05) is 42.3 Å². The molecule has 2 aromatic carbocycles. The van der Waals surface area contributed by atoms with Gasteiger partial charge in [-0.2, -0.15) is 0 Å². The number of hydrogen-bond donors (Lipinski definition) is 1. The van der Waals surface area contributed by atoms with Gasteiger partial charge in [0.05, 0.1) is 6.54 Å². The first-order chi connectivity index (χ1) is 9.22. The lowest BCUT2D eigenvalue weighted by Gasteiger charge is -2.15. The number of carbonyl (C=O) groups is 1. The minimum Gasteiger partial charge on any atom is -0.480 e. The molecule has 0 bridgehead atoms. The highest BCUT2D eigenvalue weighted by molar-refractivity contribution is 5.89. The molecule has 0 aliphatic carbocycles. The number of ether oxygens (including phenoxy) is 1. The van der Waals surface area contributed by atoms with E-state index in [9.17, 15) is 4.79 Å². The molecule has 0 saturated heterocycles. The first-order valence-electron chi connectivity index (χ1n) is 6.08. The van der Waals surface area contributed by atoms with Crippen LogP contribution in [0.25, 0.3) is 10.8 Å². The third-order valence-electron chi connectivity index (χ3n) is 2.79. The molecule has 1 N–H and O–H groups in total. The second kappa shape index (κ2) is 5.92. The van der Waals surface area contributed by atoms with E-state index in [0.717, 1.165) is 10.8 Å². The van der Waals surface area contributed by atoms with E-state index in [1.807, 2.05) is 42.5 Å². The SMILES string of the molecule is C#CCNC(=O)C(C)Oc1cccc2ccccc12.